The Hall–Kier alpha value is -1.81. The number of hydrogen-bond donors (Lipinski definition) is 2. The molecule has 1 unspecified atom stereocenters. The fourth-order valence-electron chi connectivity index (χ4n) is 2.58. The number of nitrogens with zero attached hydrogens (tertiary/aromatic N) is 3. The molecule has 0 saturated heterocycles. The minimum Gasteiger partial charge on any atom is -0.357 e. The van der Waals surface area contributed by atoms with Crippen molar-refractivity contribution >= 4 is 47.6 Å². The summed E-state index contributed by atoms with van der Waals surface area (Å²) >= 11 is 1.81. The summed E-state index contributed by atoms with van der Waals surface area (Å²) in [5, 5.41) is 6.91. The van der Waals surface area contributed by atoms with Crippen molar-refractivity contribution in [2.75, 3.05) is 33.2 Å². The van der Waals surface area contributed by atoms with Gasteiger partial charge in [0.1, 0.15) is 6.54 Å². The van der Waals surface area contributed by atoms with E-state index in [1.807, 2.05) is 55.1 Å². The zero-order valence-electron chi connectivity index (χ0n) is 17.9. The van der Waals surface area contributed by atoms with E-state index in [0.717, 1.165) is 25.2 Å². The summed E-state index contributed by atoms with van der Waals surface area (Å²) in [6.45, 7) is 6.43. The number of pyridine rings is 1. The average Bonchev–Trinajstić information content (AvgIpc) is 2.75. The predicted molar refractivity (Wildman–Crippen MR) is 137 cm³/mol. The van der Waals surface area contributed by atoms with Crippen LogP contribution in [0.5, 0.6) is 0 Å². The molecule has 8 heteroatoms. The number of guanidine groups is 1. The molecule has 0 spiro atoms. The van der Waals surface area contributed by atoms with Gasteiger partial charge in [0.25, 0.3) is 0 Å². The van der Waals surface area contributed by atoms with Gasteiger partial charge in [-0.05, 0) is 31.2 Å². The number of likely N-dealkylation sites (N-methyl/N-ethyl adjacent to an activating group) is 1. The van der Waals surface area contributed by atoms with Gasteiger partial charge in [0.2, 0.25) is 5.91 Å². The maximum atomic E-state index is 12.4. The number of aromatic nitrogens is 1. The second-order valence-electron chi connectivity index (χ2n) is 6.70. The number of halogens is 1. The summed E-state index contributed by atoms with van der Waals surface area (Å²) in [5.74, 6) is 0.657. The van der Waals surface area contributed by atoms with Crippen LogP contribution in [0.25, 0.3) is 0 Å². The Balaban J connectivity index is 0.00000450. The third kappa shape index (κ3) is 10.3. The number of aliphatic imine (C=N–C) groups is 1. The molecule has 6 nitrogen and oxygen atoms in total. The predicted octanol–water partition coefficient (Wildman–Crippen LogP) is 3.44. The number of hydrogen-bond acceptors (Lipinski definition) is 4. The van der Waals surface area contributed by atoms with E-state index in [1.54, 1.807) is 18.1 Å². The maximum absolute atomic E-state index is 12.4. The van der Waals surface area contributed by atoms with Crippen molar-refractivity contribution in [3.8, 4) is 0 Å². The Morgan fingerprint density at radius 2 is 1.90 bits per heavy atom. The van der Waals surface area contributed by atoms with E-state index in [9.17, 15) is 4.79 Å². The van der Waals surface area contributed by atoms with E-state index in [1.165, 1.54) is 4.90 Å². The van der Waals surface area contributed by atoms with Crippen LogP contribution in [0.3, 0.4) is 0 Å². The maximum Gasteiger partial charge on any atom is 0.244 e. The molecule has 0 aliphatic carbocycles. The Morgan fingerprint density at radius 3 is 2.57 bits per heavy atom. The quantitative estimate of drug-likeness (QED) is 0.209. The Kier molecular flexibility index (Phi) is 13.2. The van der Waals surface area contributed by atoms with Crippen molar-refractivity contribution < 1.29 is 4.79 Å². The van der Waals surface area contributed by atoms with Crippen molar-refractivity contribution in [3.63, 3.8) is 0 Å². The fraction of sp³-hybridized carbons (Fsp3) is 0.409. The number of carbonyl (C=O) groups excluding carboxylic acids is 1. The van der Waals surface area contributed by atoms with Gasteiger partial charge in [-0.2, -0.15) is 0 Å². The van der Waals surface area contributed by atoms with Crippen LogP contribution >= 0.6 is 35.7 Å². The van der Waals surface area contributed by atoms with E-state index >= 15 is 0 Å². The van der Waals surface area contributed by atoms with E-state index in [0.29, 0.717) is 17.8 Å². The summed E-state index contributed by atoms with van der Waals surface area (Å²) in [4.78, 5) is 24.1. The zero-order chi connectivity index (χ0) is 20.9. The molecule has 0 saturated carbocycles. The van der Waals surface area contributed by atoms with Gasteiger partial charge in [-0.25, -0.2) is 4.99 Å². The smallest absolute Gasteiger partial charge is 0.244 e. The van der Waals surface area contributed by atoms with Crippen LogP contribution < -0.4 is 10.6 Å². The molecule has 1 atom stereocenters. The lowest BCUT2D eigenvalue weighted by atomic mass is 10.2. The molecule has 2 N–H and O–H groups in total. The van der Waals surface area contributed by atoms with Crippen LogP contribution in [0, 0.1) is 0 Å². The fourth-order valence-corrected chi connectivity index (χ4v) is 3.52. The van der Waals surface area contributed by atoms with Crippen molar-refractivity contribution in [2.24, 2.45) is 4.99 Å². The number of nitrogens with one attached hydrogen (secondary N) is 2. The Bertz CT molecular complexity index is 761. The number of benzene rings is 1. The number of amides is 1. The number of carbonyl (C=O) groups is 1. The standard InChI is InChI=1S/C22H31N5OS.HI/c1-4-23-22(25-16-18(2)29-20-11-6-5-7-12-20)26-17-21(28)27(3)15-13-19-10-8-9-14-24-19;/h5-12,14,18H,4,13,15-17H2,1-3H3,(H2,23,25,26);1H. The minimum atomic E-state index is -0.00940. The van der Waals surface area contributed by atoms with Gasteiger partial charge in [-0.3, -0.25) is 9.78 Å². The van der Waals surface area contributed by atoms with Crippen LogP contribution in [0.2, 0.25) is 0 Å². The monoisotopic (exact) mass is 541 g/mol. The van der Waals surface area contributed by atoms with Gasteiger partial charge in [-0.1, -0.05) is 31.2 Å². The molecule has 0 fully saturated rings. The van der Waals surface area contributed by atoms with E-state index in [2.05, 4.69) is 39.7 Å². The molecular weight excluding hydrogens is 509 g/mol. The largest absolute Gasteiger partial charge is 0.357 e. The van der Waals surface area contributed by atoms with Crippen molar-refractivity contribution in [1.82, 2.24) is 20.5 Å². The van der Waals surface area contributed by atoms with Crippen LogP contribution in [0.1, 0.15) is 19.5 Å². The van der Waals surface area contributed by atoms with Gasteiger partial charge in [0, 0.05) is 55.1 Å². The number of rotatable bonds is 10. The van der Waals surface area contributed by atoms with Gasteiger partial charge in [-0.15, -0.1) is 35.7 Å². The lowest BCUT2D eigenvalue weighted by Gasteiger charge is -2.18. The van der Waals surface area contributed by atoms with Crippen LogP contribution in [-0.4, -0.2) is 60.2 Å². The molecule has 0 radical (unpaired) electrons. The Morgan fingerprint density at radius 1 is 1.17 bits per heavy atom. The van der Waals surface area contributed by atoms with Crippen molar-refractivity contribution in [3.05, 3.63) is 60.4 Å². The lowest BCUT2D eigenvalue weighted by molar-refractivity contribution is -0.128. The van der Waals surface area contributed by atoms with E-state index < -0.39 is 0 Å². The first-order valence-corrected chi connectivity index (χ1v) is 10.8. The van der Waals surface area contributed by atoms with Gasteiger partial charge in [0.15, 0.2) is 5.96 Å². The number of thioether (sulfide) groups is 1. The minimum absolute atomic E-state index is 0. The molecule has 1 heterocycles. The second kappa shape index (κ2) is 15.1. The summed E-state index contributed by atoms with van der Waals surface area (Å²) in [6.07, 6.45) is 2.51. The van der Waals surface area contributed by atoms with Gasteiger partial charge >= 0.3 is 0 Å². The third-order valence-electron chi connectivity index (χ3n) is 4.21. The highest BCUT2D eigenvalue weighted by atomic mass is 127. The summed E-state index contributed by atoms with van der Waals surface area (Å²) in [7, 11) is 1.81. The first-order chi connectivity index (χ1) is 14.1. The van der Waals surface area contributed by atoms with E-state index in [-0.39, 0.29) is 36.4 Å². The van der Waals surface area contributed by atoms with Crippen molar-refractivity contribution in [2.45, 2.75) is 30.4 Å². The molecule has 1 aromatic heterocycles. The highest BCUT2D eigenvalue weighted by Gasteiger charge is 2.10. The second-order valence-corrected chi connectivity index (χ2v) is 8.22. The zero-order valence-corrected chi connectivity index (χ0v) is 21.0. The van der Waals surface area contributed by atoms with E-state index in [4.69, 9.17) is 0 Å². The molecule has 1 aromatic carbocycles. The molecule has 2 aromatic rings. The van der Waals surface area contributed by atoms with Crippen LogP contribution in [0.15, 0.2) is 64.6 Å². The SMILES string of the molecule is CCNC(=NCC(=O)N(C)CCc1ccccn1)NCC(C)Sc1ccccc1.I. The molecule has 0 aliphatic heterocycles. The molecule has 0 bridgehead atoms. The summed E-state index contributed by atoms with van der Waals surface area (Å²) in [6, 6.07) is 16.2. The highest BCUT2D eigenvalue weighted by Crippen LogP contribution is 2.21. The highest BCUT2D eigenvalue weighted by molar-refractivity contribution is 14.0. The molecule has 30 heavy (non-hydrogen) atoms. The average molecular weight is 542 g/mol. The Labute approximate surface area is 201 Å². The summed E-state index contributed by atoms with van der Waals surface area (Å²) in [5.41, 5.74) is 0.982. The molecule has 0 aliphatic rings. The first kappa shape index (κ1) is 26.2. The molecular formula is C22H32IN5OS. The summed E-state index contributed by atoms with van der Waals surface area (Å²) < 4.78 is 0. The van der Waals surface area contributed by atoms with Crippen molar-refractivity contribution in [1.29, 1.82) is 0 Å². The van der Waals surface area contributed by atoms with Gasteiger partial charge < -0.3 is 15.5 Å². The van der Waals surface area contributed by atoms with Gasteiger partial charge in [0.05, 0.1) is 0 Å². The lowest BCUT2D eigenvalue weighted by Crippen LogP contribution is -2.41. The molecule has 1 amide bonds. The van der Waals surface area contributed by atoms with Crippen LogP contribution in [0.4, 0.5) is 0 Å². The molecule has 164 valence electrons. The normalized spacial score (nSPS) is 11.9. The van der Waals surface area contributed by atoms with Crippen LogP contribution in [-0.2, 0) is 11.2 Å². The third-order valence-corrected chi connectivity index (χ3v) is 5.32. The first-order valence-electron chi connectivity index (χ1n) is 9.96. The topological polar surface area (TPSA) is 69.6 Å². The molecule has 2 rings (SSSR count).